The van der Waals surface area contributed by atoms with E-state index in [1.54, 1.807) is 23.5 Å². The summed E-state index contributed by atoms with van der Waals surface area (Å²) in [4.78, 5) is 29.0. The molecular weight excluding hydrogens is 434 g/mol. The lowest BCUT2D eigenvalue weighted by Crippen LogP contribution is -2.31. The Hall–Kier alpha value is -2.98. The van der Waals surface area contributed by atoms with Crippen molar-refractivity contribution in [2.24, 2.45) is 0 Å². The van der Waals surface area contributed by atoms with Crippen LogP contribution in [-0.2, 0) is 10.5 Å². The highest BCUT2D eigenvalue weighted by molar-refractivity contribution is 7.98. The number of allylic oxidation sites excluding steroid dienone is 2. The third-order valence-electron chi connectivity index (χ3n) is 5.51. The number of rotatable bonds is 5. The molecule has 1 aromatic carbocycles. The fourth-order valence-electron chi connectivity index (χ4n) is 3.97. The van der Waals surface area contributed by atoms with Crippen LogP contribution in [0.2, 0.25) is 0 Å². The summed E-state index contributed by atoms with van der Waals surface area (Å²) in [5.41, 5.74) is 3.93. The second-order valence-corrected chi connectivity index (χ2v) is 9.43. The van der Waals surface area contributed by atoms with Crippen molar-refractivity contribution < 1.29 is 9.72 Å². The summed E-state index contributed by atoms with van der Waals surface area (Å²) in [6, 6.07) is 8.31. The average Bonchev–Trinajstić information content (AvgIpc) is 3.36. The standard InChI is InChI=1S/C21H19N5O3S2/c1-12-9-10-30-19(12)18-17-15(3-2-4-16(17)27)22-20-23-21(24-25(18)20)31-11-13-5-7-14(8-6-13)26(28)29/h5-10,18H,2-4,11H2,1H3,(H,22,23,24)/t18-/m1/s1. The SMILES string of the molecule is Cc1ccsc1[C@H]1C2=C(CCCC2=O)Nc2nc(SCc3ccc([N+](=O)[O-])cc3)nn21. The van der Waals surface area contributed by atoms with Crippen LogP contribution in [-0.4, -0.2) is 25.5 Å². The number of fused-ring (bicyclic) bond motifs is 1. The van der Waals surface area contributed by atoms with Gasteiger partial charge in [-0.15, -0.1) is 16.4 Å². The van der Waals surface area contributed by atoms with Crippen LogP contribution in [0, 0.1) is 17.0 Å². The third-order valence-corrected chi connectivity index (χ3v) is 7.49. The van der Waals surface area contributed by atoms with Gasteiger partial charge in [0.25, 0.3) is 5.69 Å². The van der Waals surface area contributed by atoms with Crippen molar-refractivity contribution in [3.8, 4) is 0 Å². The second-order valence-electron chi connectivity index (χ2n) is 7.54. The summed E-state index contributed by atoms with van der Waals surface area (Å²) in [5.74, 6) is 1.42. The van der Waals surface area contributed by atoms with Gasteiger partial charge in [0.05, 0.1) is 4.92 Å². The van der Waals surface area contributed by atoms with Crippen LogP contribution in [0.25, 0.3) is 0 Å². The molecule has 158 valence electrons. The van der Waals surface area contributed by atoms with Gasteiger partial charge in [-0.25, -0.2) is 4.68 Å². The quantitative estimate of drug-likeness (QED) is 0.334. The number of carbonyl (C=O) groups excluding carboxylic acids is 1. The first-order valence-electron chi connectivity index (χ1n) is 9.91. The first-order chi connectivity index (χ1) is 15.0. The Morgan fingerprint density at radius 1 is 1.29 bits per heavy atom. The van der Waals surface area contributed by atoms with E-state index in [0.717, 1.165) is 40.1 Å². The molecule has 3 heterocycles. The first-order valence-corrected chi connectivity index (χ1v) is 11.8. The predicted octanol–water partition coefficient (Wildman–Crippen LogP) is 4.87. The van der Waals surface area contributed by atoms with Crippen LogP contribution in [0.4, 0.5) is 11.6 Å². The first kappa shape index (κ1) is 20.0. The van der Waals surface area contributed by atoms with E-state index in [9.17, 15) is 14.9 Å². The van der Waals surface area contributed by atoms with E-state index in [1.165, 1.54) is 23.9 Å². The molecule has 1 atom stereocenters. The van der Waals surface area contributed by atoms with Gasteiger partial charge >= 0.3 is 0 Å². The number of thiophene rings is 1. The number of benzene rings is 1. The normalized spacial score (nSPS) is 17.8. The summed E-state index contributed by atoms with van der Waals surface area (Å²) in [6.07, 6.45) is 2.24. The number of nitrogens with one attached hydrogen (secondary N) is 1. The molecule has 1 N–H and O–H groups in total. The minimum Gasteiger partial charge on any atom is -0.328 e. The highest BCUT2D eigenvalue weighted by Crippen LogP contribution is 2.43. The molecule has 0 fully saturated rings. The predicted molar refractivity (Wildman–Crippen MR) is 119 cm³/mol. The second kappa shape index (κ2) is 7.93. The number of ketones is 1. The number of anilines is 1. The number of nitrogens with zero attached hydrogens (tertiary/aromatic N) is 4. The van der Waals surface area contributed by atoms with E-state index in [1.807, 2.05) is 10.1 Å². The zero-order valence-corrected chi connectivity index (χ0v) is 18.3. The molecule has 0 unspecified atom stereocenters. The maximum atomic E-state index is 12.8. The number of Topliss-reactive ketones (excluding diaryl/α,β-unsaturated/α-hetero) is 1. The lowest BCUT2D eigenvalue weighted by Gasteiger charge is -2.31. The number of aromatic nitrogens is 3. The molecule has 10 heteroatoms. The van der Waals surface area contributed by atoms with Gasteiger partial charge in [-0.3, -0.25) is 14.9 Å². The van der Waals surface area contributed by atoms with Crippen LogP contribution in [0.15, 0.2) is 52.1 Å². The molecule has 0 spiro atoms. The maximum Gasteiger partial charge on any atom is 0.269 e. The van der Waals surface area contributed by atoms with Crippen LogP contribution in [0.1, 0.15) is 41.3 Å². The van der Waals surface area contributed by atoms with Crippen molar-refractivity contribution in [3.05, 3.63) is 73.1 Å². The Kier molecular flexibility index (Phi) is 5.11. The Balaban J connectivity index is 1.44. The van der Waals surface area contributed by atoms with Gasteiger partial charge in [0.1, 0.15) is 6.04 Å². The zero-order chi connectivity index (χ0) is 21.5. The van der Waals surface area contributed by atoms with E-state index in [0.29, 0.717) is 23.3 Å². The molecule has 1 aliphatic heterocycles. The molecule has 2 aromatic heterocycles. The van der Waals surface area contributed by atoms with E-state index in [-0.39, 0.29) is 17.5 Å². The number of carbonyl (C=O) groups is 1. The lowest BCUT2D eigenvalue weighted by molar-refractivity contribution is -0.384. The molecule has 0 bridgehead atoms. The topological polar surface area (TPSA) is 103 Å². The van der Waals surface area contributed by atoms with Crippen molar-refractivity contribution in [3.63, 3.8) is 0 Å². The van der Waals surface area contributed by atoms with E-state index in [2.05, 4.69) is 23.3 Å². The third kappa shape index (κ3) is 3.66. The van der Waals surface area contributed by atoms with E-state index >= 15 is 0 Å². The molecule has 1 aliphatic carbocycles. The number of nitro benzene ring substituents is 1. The van der Waals surface area contributed by atoms with Crippen LogP contribution in [0.3, 0.4) is 0 Å². The number of nitro groups is 1. The van der Waals surface area contributed by atoms with Gasteiger partial charge in [0.2, 0.25) is 11.1 Å². The van der Waals surface area contributed by atoms with Gasteiger partial charge < -0.3 is 5.32 Å². The van der Waals surface area contributed by atoms with Gasteiger partial charge in [0, 0.05) is 40.5 Å². The molecule has 2 aliphatic rings. The summed E-state index contributed by atoms with van der Waals surface area (Å²) in [5, 5.41) is 21.6. The fourth-order valence-corrected chi connectivity index (χ4v) is 5.77. The van der Waals surface area contributed by atoms with Crippen molar-refractivity contribution >= 4 is 40.5 Å². The Bertz CT molecular complexity index is 1210. The molecule has 3 aromatic rings. The van der Waals surface area contributed by atoms with Crippen molar-refractivity contribution in [1.29, 1.82) is 0 Å². The molecule has 5 rings (SSSR count). The lowest BCUT2D eigenvalue weighted by atomic mass is 9.87. The molecule has 0 saturated carbocycles. The Morgan fingerprint density at radius 2 is 2.10 bits per heavy atom. The van der Waals surface area contributed by atoms with Gasteiger partial charge in [-0.2, -0.15) is 4.98 Å². The summed E-state index contributed by atoms with van der Waals surface area (Å²) >= 11 is 3.10. The van der Waals surface area contributed by atoms with Gasteiger partial charge in [-0.05, 0) is 42.3 Å². The number of hydrogen-bond donors (Lipinski definition) is 1. The molecule has 0 radical (unpaired) electrons. The molecule has 31 heavy (non-hydrogen) atoms. The zero-order valence-electron chi connectivity index (χ0n) is 16.7. The summed E-state index contributed by atoms with van der Waals surface area (Å²) in [7, 11) is 0. The van der Waals surface area contributed by atoms with Crippen LogP contribution >= 0.6 is 23.1 Å². The van der Waals surface area contributed by atoms with Crippen LogP contribution < -0.4 is 5.32 Å². The van der Waals surface area contributed by atoms with Gasteiger partial charge in [0.15, 0.2) is 5.78 Å². The summed E-state index contributed by atoms with van der Waals surface area (Å²) in [6.45, 7) is 2.06. The largest absolute Gasteiger partial charge is 0.328 e. The minimum atomic E-state index is -0.406. The van der Waals surface area contributed by atoms with E-state index < -0.39 is 4.92 Å². The summed E-state index contributed by atoms with van der Waals surface area (Å²) < 4.78 is 1.83. The highest BCUT2D eigenvalue weighted by Gasteiger charge is 2.38. The molecule has 0 amide bonds. The fraction of sp³-hybridized carbons (Fsp3) is 0.286. The van der Waals surface area contributed by atoms with E-state index in [4.69, 9.17) is 5.10 Å². The Labute approximate surface area is 186 Å². The highest BCUT2D eigenvalue weighted by atomic mass is 32.2. The minimum absolute atomic E-state index is 0.0732. The number of hydrogen-bond acceptors (Lipinski definition) is 8. The number of aryl methyl sites for hydroxylation is 1. The van der Waals surface area contributed by atoms with Gasteiger partial charge in [-0.1, -0.05) is 23.9 Å². The molecule has 0 saturated heterocycles. The van der Waals surface area contributed by atoms with Crippen molar-refractivity contribution in [2.75, 3.05) is 5.32 Å². The number of thioether (sulfide) groups is 1. The number of non-ortho nitro benzene ring substituents is 1. The van der Waals surface area contributed by atoms with Crippen molar-refractivity contribution in [1.82, 2.24) is 14.8 Å². The molecular formula is C21H19N5O3S2. The van der Waals surface area contributed by atoms with Crippen LogP contribution in [0.5, 0.6) is 0 Å². The average molecular weight is 454 g/mol. The van der Waals surface area contributed by atoms with Crippen molar-refractivity contribution in [2.45, 2.75) is 43.1 Å². The maximum absolute atomic E-state index is 12.8. The smallest absolute Gasteiger partial charge is 0.269 e. The molecule has 8 nitrogen and oxygen atoms in total. The Morgan fingerprint density at radius 3 is 2.81 bits per heavy atom. The monoisotopic (exact) mass is 453 g/mol.